The van der Waals surface area contributed by atoms with Crippen LogP contribution in [-0.4, -0.2) is 20.9 Å². The molecule has 3 rings (SSSR count). The van der Waals surface area contributed by atoms with Gasteiger partial charge in [-0.05, 0) is 48.9 Å². The van der Waals surface area contributed by atoms with Crippen LogP contribution in [0.4, 0.5) is 5.69 Å². The molecule has 0 atom stereocenters. The Bertz CT molecular complexity index is 663. The van der Waals surface area contributed by atoms with E-state index in [1.807, 2.05) is 0 Å². The summed E-state index contributed by atoms with van der Waals surface area (Å²) < 4.78 is 22.8. The third-order valence-corrected chi connectivity index (χ3v) is 5.43. The number of hydrogen-bond acceptors (Lipinski definition) is 3. The van der Waals surface area contributed by atoms with Crippen LogP contribution < -0.4 is 10.0 Å². The Morgan fingerprint density at radius 3 is 2.67 bits per heavy atom. The summed E-state index contributed by atoms with van der Waals surface area (Å²) in [6, 6.07) is 4.78. The van der Waals surface area contributed by atoms with Crippen molar-refractivity contribution >= 4 is 21.6 Å². The molecule has 0 spiro atoms. The fourth-order valence-corrected chi connectivity index (χ4v) is 3.95. The standard InChI is InChI=1S/C15H20N2O3S/c16-21(19,20)13-5-6-14-12(10-13)7-8-17(14)15(18)9-11-3-1-2-4-11/h5-6,10-11H,1-4,7-9H2,(H2,16,19,20). The Labute approximate surface area is 125 Å². The van der Waals surface area contributed by atoms with Crippen LogP contribution in [0, 0.1) is 5.92 Å². The first kappa shape index (κ1) is 14.5. The molecule has 114 valence electrons. The van der Waals surface area contributed by atoms with Crippen molar-refractivity contribution in [3.63, 3.8) is 0 Å². The lowest BCUT2D eigenvalue weighted by Crippen LogP contribution is -2.30. The molecule has 0 saturated heterocycles. The Kier molecular flexibility index (Phi) is 3.75. The number of amides is 1. The van der Waals surface area contributed by atoms with Gasteiger partial charge < -0.3 is 4.90 Å². The Balaban J connectivity index is 1.78. The molecule has 5 nitrogen and oxygen atoms in total. The Hall–Kier alpha value is -1.40. The van der Waals surface area contributed by atoms with Crippen molar-refractivity contribution in [1.82, 2.24) is 0 Å². The summed E-state index contributed by atoms with van der Waals surface area (Å²) in [6.45, 7) is 0.634. The molecule has 1 heterocycles. The van der Waals surface area contributed by atoms with E-state index in [1.165, 1.54) is 18.9 Å². The first-order chi connectivity index (χ1) is 9.95. The second kappa shape index (κ2) is 5.42. The molecule has 0 radical (unpaired) electrons. The van der Waals surface area contributed by atoms with Gasteiger partial charge in [0.05, 0.1) is 4.90 Å². The highest BCUT2D eigenvalue weighted by Crippen LogP contribution is 2.33. The average Bonchev–Trinajstić information content (AvgIpc) is 3.05. The maximum Gasteiger partial charge on any atom is 0.238 e. The molecule has 0 unspecified atom stereocenters. The summed E-state index contributed by atoms with van der Waals surface area (Å²) in [5.41, 5.74) is 1.73. The number of hydrogen-bond donors (Lipinski definition) is 1. The topological polar surface area (TPSA) is 80.5 Å². The smallest absolute Gasteiger partial charge is 0.238 e. The molecule has 1 aromatic carbocycles. The lowest BCUT2D eigenvalue weighted by atomic mass is 10.0. The van der Waals surface area contributed by atoms with Crippen LogP contribution in [0.1, 0.15) is 37.7 Å². The molecule has 2 aliphatic rings. The van der Waals surface area contributed by atoms with E-state index in [9.17, 15) is 13.2 Å². The van der Waals surface area contributed by atoms with Crippen LogP contribution in [0.3, 0.4) is 0 Å². The highest BCUT2D eigenvalue weighted by molar-refractivity contribution is 7.89. The molecule has 2 N–H and O–H groups in total. The molecule has 6 heteroatoms. The number of nitrogens with two attached hydrogens (primary N) is 1. The van der Waals surface area contributed by atoms with Crippen LogP contribution in [-0.2, 0) is 21.2 Å². The maximum absolute atomic E-state index is 12.4. The van der Waals surface area contributed by atoms with Crippen molar-refractivity contribution in [3.05, 3.63) is 23.8 Å². The summed E-state index contributed by atoms with van der Waals surface area (Å²) in [5, 5.41) is 5.15. The minimum absolute atomic E-state index is 0.117. The molecule has 0 aromatic heterocycles. The van der Waals surface area contributed by atoms with Crippen molar-refractivity contribution in [2.45, 2.75) is 43.4 Å². The number of rotatable bonds is 3. The molecule has 1 amide bonds. The van der Waals surface area contributed by atoms with E-state index in [0.717, 1.165) is 24.1 Å². The molecule has 21 heavy (non-hydrogen) atoms. The molecular formula is C15H20N2O3S. The van der Waals surface area contributed by atoms with E-state index >= 15 is 0 Å². The molecule has 1 aromatic rings. The Morgan fingerprint density at radius 1 is 1.29 bits per heavy atom. The normalized spacial score (nSPS) is 19.0. The van der Waals surface area contributed by atoms with Crippen LogP contribution >= 0.6 is 0 Å². The lowest BCUT2D eigenvalue weighted by Gasteiger charge is -2.19. The number of fused-ring (bicyclic) bond motifs is 1. The molecular weight excluding hydrogens is 288 g/mol. The minimum atomic E-state index is -3.68. The van der Waals surface area contributed by atoms with Crippen LogP contribution in [0.5, 0.6) is 0 Å². The van der Waals surface area contributed by atoms with Gasteiger partial charge in [0.15, 0.2) is 0 Å². The third-order valence-electron chi connectivity index (χ3n) is 4.51. The van der Waals surface area contributed by atoms with E-state index in [0.29, 0.717) is 25.3 Å². The number of nitrogens with zero attached hydrogens (tertiary/aromatic N) is 1. The van der Waals surface area contributed by atoms with Crippen LogP contribution in [0.15, 0.2) is 23.1 Å². The first-order valence-corrected chi connectivity index (χ1v) is 8.96. The van der Waals surface area contributed by atoms with Gasteiger partial charge in [0, 0.05) is 18.7 Å². The van der Waals surface area contributed by atoms with Gasteiger partial charge in [-0.2, -0.15) is 0 Å². The fraction of sp³-hybridized carbons (Fsp3) is 0.533. The van der Waals surface area contributed by atoms with Gasteiger partial charge in [-0.1, -0.05) is 12.8 Å². The first-order valence-electron chi connectivity index (χ1n) is 7.41. The van der Waals surface area contributed by atoms with Crippen molar-refractivity contribution in [2.24, 2.45) is 11.1 Å². The summed E-state index contributed by atoms with van der Waals surface area (Å²) in [6.07, 6.45) is 6.05. The maximum atomic E-state index is 12.4. The number of carbonyl (C=O) groups is 1. The monoisotopic (exact) mass is 308 g/mol. The largest absolute Gasteiger partial charge is 0.312 e. The second-order valence-corrected chi connectivity index (χ2v) is 7.55. The number of benzene rings is 1. The van der Waals surface area contributed by atoms with Gasteiger partial charge in [0.2, 0.25) is 15.9 Å². The number of carbonyl (C=O) groups excluding carboxylic acids is 1. The van der Waals surface area contributed by atoms with Gasteiger partial charge in [-0.3, -0.25) is 4.79 Å². The van der Waals surface area contributed by atoms with E-state index in [4.69, 9.17) is 5.14 Å². The summed E-state index contributed by atoms with van der Waals surface area (Å²) in [5.74, 6) is 0.675. The van der Waals surface area contributed by atoms with Crippen LogP contribution in [0.25, 0.3) is 0 Å². The van der Waals surface area contributed by atoms with Gasteiger partial charge in [-0.15, -0.1) is 0 Å². The molecule has 1 aliphatic heterocycles. The highest BCUT2D eigenvalue weighted by Gasteiger charge is 2.28. The molecule has 0 bridgehead atoms. The zero-order valence-corrected chi connectivity index (χ0v) is 12.7. The van der Waals surface area contributed by atoms with Crippen LogP contribution in [0.2, 0.25) is 0 Å². The van der Waals surface area contributed by atoms with E-state index in [2.05, 4.69) is 0 Å². The fourth-order valence-electron chi connectivity index (χ4n) is 3.39. The number of anilines is 1. The Morgan fingerprint density at radius 2 is 2.00 bits per heavy atom. The third kappa shape index (κ3) is 2.96. The zero-order valence-electron chi connectivity index (χ0n) is 11.9. The molecule has 1 saturated carbocycles. The minimum Gasteiger partial charge on any atom is -0.312 e. The number of sulfonamides is 1. The quantitative estimate of drug-likeness (QED) is 0.924. The van der Waals surface area contributed by atoms with E-state index < -0.39 is 10.0 Å². The van der Waals surface area contributed by atoms with Crippen molar-refractivity contribution in [3.8, 4) is 0 Å². The molecule has 1 fully saturated rings. The van der Waals surface area contributed by atoms with E-state index in [1.54, 1.807) is 17.0 Å². The predicted octanol–water partition coefficient (Wildman–Crippen LogP) is 1.80. The van der Waals surface area contributed by atoms with Gasteiger partial charge in [-0.25, -0.2) is 13.6 Å². The second-order valence-electron chi connectivity index (χ2n) is 5.99. The lowest BCUT2D eigenvalue weighted by molar-refractivity contribution is -0.119. The summed E-state index contributed by atoms with van der Waals surface area (Å²) >= 11 is 0. The van der Waals surface area contributed by atoms with Gasteiger partial charge in [0.25, 0.3) is 0 Å². The zero-order chi connectivity index (χ0) is 15.0. The van der Waals surface area contributed by atoms with Gasteiger partial charge in [0.1, 0.15) is 0 Å². The van der Waals surface area contributed by atoms with Crippen molar-refractivity contribution in [2.75, 3.05) is 11.4 Å². The summed E-state index contributed by atoms with van der Waals surface area (Å²) in [7, 11) is -3.68. The van der Waals surface area contributed by atoms with Gasteiger partial charge >= 0.3 is 0 Å². The van der Waals surface area contributed by atoms with E-state index in [-0.39, 0.29) is 10.8 Å². The highest BCUT2D eigenvalue weighted by atomic mass is 32.2. The van der Waals surface area contributed by atoms with Crippen molar-refractivity contribution in [1.29, 1.82) is 0 Å². The average molecular weight is 308 g/mol. The number of primary sulfonamides is 1. The summed E-state index contributed by atoms with van der Waals surface area (Å²) in [4.78, 5) is 14.3. The SMILES string of the molecule is NS(=O)(=O)c1ccc2c(c1)CCN2C(=O)CC1CCCC1. The predicted molar refractivity (Wildman–Crippen MR) is 80.4 cm³/mol. The molecule has 1 aliphatic carbocycles. The van der Waals surface area contributed by atoms with Crippen molar-refractivity contribution < 1.29 is 13.2 Å².